The molecule has 5 heteroatoms. The van der Waals surface area contributed by atoms with Crippen molar-refractivity contribution in [1.82, 2.24) is 0 Å². The number of carbonyl (C=O) groups excluding carboxylic acids is 2. The molecule has 18 heavy (non-hydrogen) atoms. The van der Waals surface area contributed by atoms with Gasteiger partial charge in [0.1, 0.15) is 11.1 Å². The fraction of sp³-hybridized carbons (Fsp3) is 0.385. The molecule has 1 rings (SSSR count). The monoisotopic (exact) mass is 270 g/mol. The van der Waals surface area contributed by atoms with Gasteiger partial charge < -0.3 is 9.47 Å². The zero-order valence-electron chi connectivity index (χ0n) is 10.5. The Balaban J connectivity index is 2.95. The minimum Gasteiger partial charge on any atom is -0.496 e. The summed E-state index contributed by atoms with van der Waals surface area (Å²) in [6, 6.07) is 5.22. The molecule has 0 aliphatic rings. The Morgan fingerprint density at radius 2 is 2.00 bits per heavy atom. The molecular formula is C13H15ClO4. The molecule has 0 fully saturated rings. The number of benzene rings is 1. The Labute approximate surface area is 111 Å². The Morgan fingerprint density at radius 1 is 1.33 bits per heavy atom. The van der Waals surface area contributed by atoms with Crippen molar-refractivity contribution in [1.29, 1.82) is 0 Å². The van der Waals surface area contributed by atoms with Crippen LogP contribution in [0, 0.1) is 6.92 Å². The molecule has 1 aromatic rings. The Morgan fingerprint density at radius 3 is 2.56 bits per heavy atom. The van der Waals surface area contributed by atoms with E-state index in [-0.39, 0.29) is 12.2 Å². The fourth-order valence-corrected chi connectivity index (χ4v) is 1.75. The van der Waals surface area contributed by atoms with E-state index in [1.165, 1.54) is 14.2 Å². The van der Waals surface area contributed by atoms with Crippen molar-refractivity contribution in [3.8, 4) is 5.75 Å². The largest absolute Gasteiger partial charge is 0.496 e. The number of ether oxygens (including phenoxy) is 2. The molecule has 1 atom stereocenters. The van der Waals surface area contributed by atoms with Crippen molar-refractivity contribution in [3.05, 3.63) is 29.3 Å². The summed E-state index contributed by atoms with van der Waals surface area (Å²) in [5.74, 6) is -0.418. The average Bonchev–Trinajstić information content (AvgIpc) is 2.37. The molecule has 1 aromatic carbocycles. The average molecular weight is 271 g/mol. The first-order valence-corrected chi connectivity index (χ1v) is 5.83. The third-order valence-corrected chi connectivity index (χ3v) is 2.83. The van der Waals surface area contributed by atoms with Crippen molar-refractivity contribution in [2.45, 2.75) is 18.7 Å². The maximum atomic E-state index is 12.1. The van der Waals surface area contributed by atoms with Crippen LogP contribution in [0.1, 0.15) is 22.3 Å². The summed E-state index contributed by atoms with van der Waals surface area (Å²) in [6.45, 7) is 1.86. The Hall–Kier alpha value is -1.55. The van der Waals surface area contributed by atoms with Crippen LogP contribution in [0.2, 0.25) is 0 Å². The Bertz CT molecular complexity index is 456. The first-order valence-electron chi connectivity index (χ1n) is 5.39. The highest BCUT2D eigenvalue weighted by atomic mass is 35.5. The van der Waals surface area contributed by atoms with Gasteiger partial charge in [0.05, 0.1) is 26.2 Å². The molecule has 1 unspecified atom stereocenters. The molecule has 0 bridgehead atoms. The number of methoxy groups -OCH3 is 2. The summed E-state index contributed by atoms with van der Waals surface area (Å²) >= 11 is 5.91. The van der Waals surface area contributed by atoms with Gasteiger partial charge in [0, 0.05) is 0 Å². The third-order valence-electron chi connectivity index (χ3n) is 2.48. The van der Waals surface area contributed by atoms with Crippen molar-refractivity contribution in [2.24, 2.45) is 0 Å². The SMILES string of the molecule is COC(=O)CC(Cl)C(=O)c1cc(C)ccc1OC. The lowest BCUT2D eigenvalue weighted by atomic mass is 10.0. The molecule has 4 nitrogen and oxygen atoms in total. The zero-order chi connectivity index (χ0) is 13.7. The van der Waals surface area contributed by atoms with Crippen molar-refractivity contribution in [2.75, 3.05) is 14.2 Å². The van der Waals surface area contributed by atoms with E-state index in [0.717, 1.165) is 5.56 Å². The highest BCUT2D eigenvalue weighted by Gasteiger charge is 2.23. The molecule has 0 aliphatic heterocycles. The van der Waals surface area contributed by atoms with Gasteiger partial charge in [-0.3, -0.25) is 9.59 Å². The van der Waals surface area contributed by atoms with E-state index in [2.05, 4.69) is 4.74 Å². The second-order valence-corrected chi connectivity index (χ2v) is 4.34. The molecule has 0 aromatic heterocycles. The first kappa shape index (κ1) is 14.5. The van der Waals surface area contributed by atoms with E-state index < -0.39 is 11.3 Å². The van der Waals surface area contributed by atoms with Gasteiger partial charge in [-0.25, -0.2) is 0 Å². The molecular weight excluding hydrogens is 256 g/mol. The van der Waals surface area contributed by atoms with Gasteiger partial charge in [-0.15, -0.1) is 11.6 Å². The maximum absolute atomic E-state index is 12.1. The maximum Gasteiger partial charge on any atom is 0.307 e. The van der Waals surface area contributed by atoms with Crippen LogP contribution in [0.5, 0.6) is 5.75 Å². The molecule has 0 saturated heterocycles. The van der Waals surface area contributed by atoms with E-state index in [9.17, 15) is 9.59 Å². The lowest BCUT2D eigenvalue weighted by Crippen LogP contribution is -2.20. The quantitative estimate of drug-likeness (QED) is 0.468. The summed E-state index contributed by atoms with van der Waals surface area (Å²) in [6.07, 6.45) is -0.159. The number of rotatable bonds is 5. The highest BCUT2D eigenvalue weighted by Crippen LogP contribution is 2.23. The van der Waals surface area contributed by atoms with Crippen LogP contribution in [-0.4, -0.2) is 31.3 Å². The number of ketones is 1. The number of hydrogen-bond acceptors (Lipinski definition) is 4. The number of carbonyl (C=O) groups is 2. The van der Waals surface area contributed by atoms with Gasteiger partial charge in [0.25, 0.3) is 0 Å². The standard InChI is InChI=1S/C13H15ClO4/c1-8-4-5-11(17-2)9(6-8)13(16)10(14)7-12(15)18-3/h4-6,10H,7H2,1-3H3. The highest BCUT2D eigenvalue weighted by molar-refractivity contribution is 6.35. The molecule has 0 saturated carbocycles. The number of hydrogen-bond donors (Lipinski definition) is 0. The van der Waals surface area contributed by atoms with Gasteiger partial charge >= 0.3 is 5.97 Å². The second-order valence-electron chi connectivity index (χ2n) is 3.82. The number of aryl methyl sites for hydroxylation is 1. The Kier molecular flexibility index (Phi) is 5.16. The minimum atomic E-state index is -0.951. The summed E-state index contributed by atoms with van der Waals surface area (Å²) in [4.78, 5) is 23.2. The van der Waals surface area contributed by atoms with Gasteiger partial charge in [-0.1, -0.05) is 11.6 Å². The summed E-state index contributed by atoms with van der Waals surface area (Å²) in [5, 5.41) is -0.951. The number of alkyl halides is 1. The molecule has 0 amide bonds. The fourth-order valence-electron chi connectivity index (χ4n) is 1.51. The zero-order valence-corrected chi connectivity index (χ0v) is 11.3. The predicted octanol–water partition coefficient (Wildman–Crippen LogP) is 2.36. The number of halogens is 1. The molecule has 0 aliphatic carbocycles. The van der Waals surface area contributed by atoms with Crippen LogP contribution in [0.15, 0.2) is 18.2 Å². The number of Topliss-reactive ketones (excluding diaryl/α,β-unsaturated/α-hetero) is 1. The van der Waals surface area contributed by atoms with E-state index >= 15 is 0 Å². The normalized spacial score (nSPS) is 11.8. The molecule has 0 spiro atoms. The van der Waals surface area contributed by atoms with Gasteiger partial charge in [0.2, 0.25) is 0 Å². The van der Waals surface area contributed by atoms with Crippen LogP contribution in [0.3, 0.4) is 0 Å². The summed E-state index contributed by atoms with van der Waals surface area (Å²) in [7, 11) is 2.73. The minimum absolute atomic E-state index is 0.159. The predicted molar refractivity (Wildman–Crippen MR) is 68.3 cm³/mol. The lowest BCUT2D eigenvalue weighted by molar-refractivity contribution is -0.140. The van der Waals surface area contributed by atoms with E-state index in [4.69, 9.17) is 16.3 Å². The van der Waals surface area contributed by atoms with Crippen molar-refractivity contribution < 1.29 is 19.1 Å². The van der Waals surface area contributed by atoms with Crippen molar-refractivity contribution >= 4 is 23.4 Å². The van der Waals surface area contributed by atoms with E-state index in [1.807, 2.05) is 13.0 Å². The van der Waals surface area contributed by atoms with E-state index in [1.54, 1.807) is 12.1 Å². The topological polar surface area (TPSA) is 52.6 Å². The molecule has 0 radical (unpaired) electrons. The van der Waals surface area contributed by atoms with Gasteiger partial charge in [-0.2, -0.15) is 0 Å². The van der Waals surface area contributed by atoms with E-state index in [0.29, 0.717) is 11.3 Å². The first-order chi connectivity index (χ1) is 8.49. The van der Waals surface area contributed by atoms with Crippen LogP contribution in [0.25, 0.3) is 0 Å². The summed E-state index contributed by atoms with van der Waals surface area (Å²) in [5.41, 5.74) is 1.29. The third kappa shape index (κ3) is 3.47. The second kappa shape index (κ2) is 6.40. The van der Waals surface area contributed by atoms with Crippen molar-refractivity contribution in [3.63, 3.8) is 0 Å². The van der Waals surface area contributed by atoms with Gasteiger partial charge in [0.15, 0.2) is 5.78 Å². The lowest BCUT2D eigenvalue weighted by Gasteiger charge is -2.11. The van der Waals surface area contributed by atoms with Gasteiger partial charge in [-0.05, 0) is 19.1 Å². The summed E-state index contributed by atoms with van der Waals surface area (Å²) < 4.78 is 9.59. The number of esters is 1. The smallest absolute Gasteiger partial charge is 0.307 e. The molecule has 0 N–H and O–H groups in total. The van der Waals surface area contributed by atoms with Crippen LogP contribution in [-0.2, 0) is 9.53 Å². The van der Waals surface area contributed by atoms with Crippen LogP contribution >= 0.6 is 11.6 Å². The molecule has 0 heterocycles. The molecule has 98 valence electrons. The van der Waals surface area contributed by atoms with Crippen LogP contribution < -0.4 is 4.74 Å². The van der Waals surface area contributed by atoms with Crippen LogP contribution in [0.4, 0.5) is 0 Å².